The Morgan fingerprint density at radius 1 is 1.47 bits per heavy atom. The zero-order valence-corrected chi connectivity index (χ0v) is 9.89. The molecule has 1 fully saturated rings. The Balaban J connectivity index is 2.34. The number of carboxylic acids is 1. The van der Waals surface area contributed by atoms with Gasteiger partial charge < -0.3 is 10.8 Å². The molecule has 5 nitrogen and oxygen atoms in total. The van der Waals surface area contributed by atoms with Crippen molar-refractivity contribution in [3.8, 4) is 0 Å². The molecule has 1 unspecified atom stereocenters. The van der Waals surface area contributed by atoms with Crippen LogP contribution in [0.3, 0.4) is 0 Å². The SMILES string of the molecule is Cc1cc(C(C(=O)O)C2CCCC2)nc(N)n1. The van der Waals surface area contributed by atoms with E-state index in [1.54, 1.807) is 13.0 Å². The molecule has 1 aliphatic rings. The van der Waals surface area contributed by atoms with Gasteiger partial charge in [-0.1, -0.05) is 12.8 Å². The van der Waals surface area contributed by atoms with Crippen molar-refractivity contribution < 1.29 is 9.90 Å². The Bertz CT molecular complexity index is 408. The first-order valence-electron chi connectivity index (χ1n) is 5.92. The van der Waals surface area contributed by atoms with Crippen molar-refractivity contribution in [2.45, 2.75) is 38.5 Å². The number of hydrogen-bond acceptors (Lipinski definition) is 4. The second-order valence-electron chi connectivity index (χ2n) is 4.65. The first-order chi connectivity index (χ1) is 8.08. The number of aryl methyl sites for hydroxylation is 1. The van der Waals surface area contributed by atoms with E-state index in [0.29, 0.717) is 5.69 Å². The van der Waals surface area contributed by atoms with E-state index in [-0.39, 0.29) is 11.9 Å². The predicted octanol–water partition coefficient (Wildman–Crippen LogP) is 1.73. The minimum atomic E-state index is -0.811. The fraction of sp³-hybridized carbons (Fsp3) is 0.583. The van der Waals surface area contributed by atoms with Gasteiger partial charge >= 0.3 is 5.97 Å². The summed E-state index contributed by atoms with van der Waals surface area (Å²) in [4.78, 5) is 19.5. The number of nitrogens with two attached hydrogens (primary N) is 1. The van der Waals surface area contributed by atoms with Crippen LogP contribution < -0.4 is 5.73 Å². The van der Waals surface area contributed by atoms with Gasteiger partial charge in [0.05, 0.1) is 5.69 Å². The molecule has 0 bridgehead atoms. The maximum Gasteiger partial charge on any atom is 0.312 e. The van der Waals surface area contributed by atoms with Crippen LogP contribution in [0.4, 0.5) is 5.95 Å². The third-order valence-electron chi connectivity index (χ3n) is 3.35. The normalized spacial score (nSPS) is 18.2. The number of carbonyl (C=O) groups is 1. The summed E-state index contributed by atoms with van der Waals surface area (Å²) >= 11 is 0. The molecular formula is C12H17N3O2. The summed E-state index contributed by atoms with van der Waals surface area (Å²) in [5, 5.41) is 9.37. The second-order valence-corrected chi connectivity index (χ2v) is 4.65. The molecule has 0 aromatic carbocycles. The van der Waals surface area contributed by atoms with Gasteiger partial charge in [0, 0.05) is 5.69 Å². The lowest BCUT2D eigenvalue weighted by molar-refractivity contribution is -0.140. The summed E-state index contributed by atoms with van der Waals surface area (Å²) in [5.74, 6) is -1.01. The molecule has 2 rings (SSSR count). The van der Waals surface area contributed by atoms with E-state index in [2.05, 4.69) is 9.97 Å². The Morgan fingerprint density at radius 3 is 2.65 bits per heavy atom. The highest BCUT2D eigenvalue weighted by Gasteiger charge is 2.33. The zero-order valence-electron chi connectivity index (χ0n) is 9.89. The van der Waals surface area contributed by atoms with Crippen LogP contribution in [0.2, 0.25) is 0 Å². The smallest absolute Gasteiger partial charge is 0.312 e. The number of anilines is 1. The van der Waals surface area contributed by atoms with E-state index in [9.17, 15) is 9.90 Å². The van der Waals surface area contributed by atoms with E-state index in [1.807, 2.05) is 0 Å². The lowest BCUT2D eigenvalue weighted by atomic mass is 9.88. The van der Waals surface area contributed by atoms with Crippen molar-refractivity contribution in [3.05, 3.63) is 17.5 Å². The van der Waals surface area contributed by atoms with E-state index in [1.165, 1.54) is 0 Å². The summed E-state index contributed by atoms with van der Waals surface area (Å²) in [5.41, 5.74) is 6.85. The molecule has 0 saturated heterocycles. The molecule has 1 saturated carbocycles. The molecule has 1 aromatic rings. The molecule has 3 N–H and O–H groups in total. The monoisotopic (exact) mass is 235 g/mol. The third-order valence-corrected chi connectivity index (χ3v) is 3.35. The van der Waals surface area contributed by atoms with Crippen molar-refractivity contribution in [1.82, 2.24) is 9.97 Å². The van der Waals surface area contributed by atoms with Crippen molar-refractivity contribution in [2.24, 2.45) is 5.92 Å². The second kappa shape index (κ2) is 4.69. The number of aliphatic carboxylic acids is 1. The number of carboxylic acid groups (broad SMARTS) is 1. The molecule has 1 atom stereocenters. The molecule has 0 radical (unpaired) electrons. The Morgan fingerprint density at radius 2 is 2.12 bits per heavy atom. The van der Waals surface area contributed by atoms with E-state index in [0.717, 1.165) is 31.4 Å². The molecule has 1 heterocycles. The van der Waals surface area contributed by atoms with Crippen LogP contribution in [0.5, 0.6) is 0 Å². The van der Waals surface area contributed by atoms with Crippen LogP contribution in [0, 0.1) is 12.8 Å². The van der Waals surface area contributed by atoms with Crippen LogP contribution >= 0.6 is 0 Å². The van der Waals surface area contributed by atoms with Crippen LogP contribution in [0.25, 0.3) is 0 Å². The lowest BCUT2D eigenvalue weighted by Crippen LogP contribution is -2.21. The Labute approximate surface area is 100 Å². The quantitative estimate of drug-likeness (QED) is 0.832. The number of nitrogens with zero attached hydrogens (tertiary/aromatic N) is 2. The number of hydrogen-bond donors (Lipinski definition) is 2. The summed E-state index contributed by atoms with van der Waals surface area (Å²) in [6.07, 6.45) is 4.13. The highest BCUT2D eigenvalue weighted by atomic mass is 16.4. The van der Waals surface area contributed by atoms with Gasteiger partial charge in [-0.15, -0.1) is 0 Å². The Kier molecular flexibility index (Phi) is 3.26. The zero-order chi connectivity index (χ0) is 12.4. The summed E-state index contributed by atoms with van der Waals surface area (Å²) in [6.45, 7) is 1.80. The van der Waals surface area contributed by atoms with Crippen molar-refractivity contribution >= 4 is 11.9 Å². The van der Waals surface area contributed by atoms with Gasteiger partial charge in [0.2, 0.25) is 5.95 Å². The van der Waals surface area contributed by atoms with Crippen LogP contribution in [-0.4, -0.2) is 21.0 Å². The molecule has 0 aliphatic heterocycles. The molecule has 1 aromatic heterocycles. The third kappa shape index (κ3) is 2.54. The van der Waals surface area contributed by atoms with Gasteiger partial charge in [-0.3, -0.25) is 4.79 Å². The van der Waals surface area contributed by atoms with Gasteiger partial charge in [-0.05, 0) is 31.7 Å². The number of aromatic nitrogens is 2. The highest BCUT2D eigenvalue weighted by Crippen LogP contribution is 2.37. The topological polar surface area (TPSA) is 89.1 Å². The van der Waals surface area contributed by atoms with E-state index >= 15 is 0 Å². The minimum Gasteiger partial charge on any atom is -0.481 e. The minimum absolute atomic E-state index is 0.157. The number of rotatable bonds is 3. The standard InChI is InChI=1S/C12H17N3O2/c1-7-6-9(15-12(13)14-7)10(11(16)17)8-4-2-3-5-8/h6,8,10H,2-5H2,1H3,(H,16,17)(H2,13,14,15). The molecule has 92 valence electrons. The van der Waals surface area contributed by atoms with E-state index in [4.69, 9.17) is 5.73 Å². The van der Waals surface area contributed by atoms with Crippen molar-refractivity contribution in [2.75, 3.05) is 5.73 Å². The fourth-order valence-electron chi connectivity index (χ4n) is 2.64. The maximum absolute atomic E-state index is 11.4. The highest BCUT2D eigenvalue weighted by molar-refractivity contribution is 5.76. The lowest BCUT2D eigenvalue weighted by Gasteiger charge is -2.19. The summed E-state index contributed by atoms with van der Waals surface area (Å²) in [6, 6.07) is 1.73. The largest absolute Gasteiger partial charge is 0.481 e. The van der Waals surface area contributed by atoms with Crippen molar-refractivity contribution in [3.63, 3.8) is 0 Å². The van der Waals surface area contributed by atoms with Crippen LogP contribution in [-0.2, 0) is 4.79 Å². The van der Waals surface area contributed by atoms with Crippen LogP contribution in [0.1, 0.15) is 43.0 Å². The Hall–Kier alpha value is -1.65. The molecular weight excluding hydrogens is 218 g/mol. The van der Waals surface area contributed by atoms with Gasteiger partial charge in [0.15, 0.2) is 0 Å². The molecule has 0 amide bonds. The van der Waals surface area contributed by atoms with Crippen LogP contribution in [0.15, 0.2) is 6.07 Å². The number of nitrogen functional groups attached to an aromatic ring is 1. The maximum atomic E-state index is 11.4. The first kappa shape index (κ1) is 11.8. The van der Waals surface area contributed by atoms with Gasteiger partial charge in [-0.2, -0.15) is 0 Å². The first-order valence-corrected chi connectivity index (χ1v) is 5.92. The molecule has 5 heteroatoms. The molecule has 0 spiro atoms. The van der Waals surface area contributed by atoms with Gasteiger partial charge in [-0.25, -0.2) is 9.97 Å². The fourth-order valence-corrected chi connectivity index (χ4v) is 2.64. The predicted molar refractivity (Wildman–Crippen MR) is 63.5 cm³/mol. The summed E-state index contributed by atoms with van der Waals surface area (Å²) < 4.78 is 0. The van der Waals surface area contributed by atoms with E-state index < -0.39 is 11.9 Å². The average molecular weight is 235 g/mol. The summed E-state index contributed by atoms with van der Waals surface area (Å²) in [7, 11) is 0. The molecule has 1 aliphatic carbocycles. The average Bonchev–Trinajstić information content (AvgIpc) is 2.68. The van der Waals surface area contributed by atoms with Gasteiger partial charge in [0.1, 0.15) is 5.92 Å². The van der Waals surface area contributed by atoms with Crippen molar-refractivity contribution in [1.29, 1.82) is 0 Å². The van der Waals surface area contributed by atoms with Gasteiger partial charge in [0.25, 0.3) is 0 Å². The molecule has 17 heavy (non-hydrogen) atoms.